The van der Waals surface area contributed by atoms with Gasteiger partial charge in [-0.3, -0.25) is 4.90 Å². The number of carbonyl (C=O) groups is 1. The number of rotatable bonds is 2. The Labute approximate surface area is 132 Å². The van der Waals surface area contributed by atoms with Gasteiger partial charge in [-0.15, -0.1) is 0 Å². The number of likely N-dealkylation sites (N-methyl/N-ethyl adjacent to an activating group) is 1. The highest BCUT2D eigenvalue weighted by molar-refractivity contribution is 6.03. The number of anilines is 1. The van der Waals surface area contributed by atoms with Crippen molar-refractivity contribution < 1.29 is 9.18 Å². The molecule has 2 aromatic carbocycles. The highest BCUT2D eigenvalue weighted by Gasteiger charge is 2.28. The molecule has 3 aromatic rings. The summed E-state index contributed by atoms with van der Waals surface area (Å²) in [6, 6.07) is 12.1. The predicted octanol–water partition coefficient (Wildman–Crippen LogP) is 3.04. The second-order valence-electron chi connectivity index (χ2n) is 5.57. The first-order valence-electron chi connectivity index (χ1n) is 7.41. The summed E-state index contributed by atoms with van der Waals surface area (Å²) in [5.74, 6) is -0.333. The molecule has 1 saturated heterocycles. The minimum Gasteiger partial charge on any atom is -0.326 e. The number of carbonyl (C=O) groups excluding carboxylic acids is 1. The Morgan fingerprint density at radius 3 is 2.57 bits per heavy atom. The average Bonchev–Trinajstić information content (AvgIpc) is 3.13. The van der Waals surface area contributed by atoms with E-state index >= 15 is 0 Å². The van der Waals surface area contributed by atoms with Gasteiger partial charge in [0.2, 0.25) is 0 Å². The van der Waals surface area contributed by atoms with Crippen molar-refractivity contribution in [1.29, 1.82) is 0 Å². The van der Waals surface area contributed by atoms with Gasteiger partial charge < -0.3 is 4.90 Å². The zero-order chi connectivity index (χ0) is 16.0. The molecule has 0 atom stereocenters. The molecule has 2 amide bonds. The smallest absolute Gasteiger partial charge is 0.324 e. The maximum Gasteiger partial charge on any atom is 0.324 e. The monoisotopic (exact) mass is 310 g/mol. The highest BCUT2D eigenvalue weighted by atomic mass is 19.1. The minimum atomic E-state index is -0.333. The molecule has 0 bridgehead atoms. The van der Waals surface area contributed by atoms with Crippen LogP contribution in [-0.4, -0.2) is 40.8 Å². The predicted molar refractivity (Wildman–Crippen MR) is 86.4 cm³/mol. The van der Waals surface area contributed by atoms with Gasteiger partial charge in [0.25, 0.3) is 0 Å². The number of halogens is 1. The van der Waals surface area contributed by atoms with Crippen LogP contribution in [0.3, 0.4) is 0 Å². The van der Waals surface area contributed by atoms with Crippen molar-refractivity contribution >= 4 is 22.6 Å². The molecule has 1 aliphatic rings. The molecule has 116 valence electrons. The number of benzene rings is 2. The lowest BCUT2D eigenvalue weighted by molar-refractivity contribution is 0.229. The summed E-state index contributed by atoms with van der Waals surface area (Å²) in [5, 5.41) is 5.16. The molecule has 0 N–H and O–H groups in total. The van der Waals surface area contributed by atoms with Gasteiger partial charge in [-0.05, 0) is 24.3 Å². The maximum atomic E-state index is 14.1. The van der Waals surface area contributed by atoms with Crippen LogP contribution in [0.2, 0.25) is 0 Å². The van der Waals surface area contributed by atoms with E-state index in [-0.39, 0.29) is 11.8 Å². The van der Waals surface area contributed by atoms with Gasteiger partial charge >= 0.3 is 6.03 Å². The number of hydrogen-bond donors (Lipinski definition) is 0. The van der Waals surface area contributed by atoms with Crippen molar-refractivity contribution in [1.82, 2.24) is 14.7 Å². The molecule has 6 heteroatoms. The first-order valence-corrected chi connectivity index (χ1v) is 7.41. The largest absolute Gasteiger partial charge is 0.326 e. The molecule has 0 spiro atoms. The third kappa shape index (κ3) is 2.06. The number of urea groups is 1. The summed E-state index contributed by atoms with van der Waals surface area (Å²) in [4.78, 5) is 15.7. The summed E-state index contributed by atoms with van der Waals surface area (Å²) in [6.07, 6.45) is 1.68. The van der Waals surface area contributed by atoms with E-state index in [1.807, 2.05) is 18.2 Å². The zero-order valence-corrected chi connectivity index (χ0v) is 12.6. The van der Waals surface area contributed by atoms with Crippen molar-refractivity contribution in [2.24, 2.45) is 0 Å². The van der Waals surface area contributed by atoms with Gasteiger partial charge in [-0.25, -0.2) is 13.9 Å². The lowest BCUT2D eigenvalue weighted by Gasteiger charge is -2.17. The first kappa shape index (κ1) is 13.8. The fraction of sp³-hybridized carbons (Fsp3) is 0.176. The van der Waals surface area contributed by atoms with Gasteiger partial charge in [0.05, 0.1) is 17.4 Å². The second-order valence-corrected chi connectivity index (χ2v) is 5.57. The molecule has 1 fully saturated rings. The van der Waals surface area contributed by atoms with Gasteiger partial charge in [-0.1, -0.05) is 18.2 Å². The molecular weight excluding hydrogens is 295 g/mol. The standard InChI is InChI=1S/C17H15FN4O/c1-20-9-10-21(17(20)23)14-7-4-8-15-12(14)11-19-22(15)16-6-3-2-5-13(16)18/h2-8,11H,9-10H2,1H3. The number of para-hydroxylation sites is 1. The molecule has 23 heavy (non-hydrogen) atoms. The third-order valence-corrected chi connectivity index (χ3v) is 4.18. The Morgan fingerprint density at radius 2 is 1.83 bits per heavy atom. The Kier molecular flexibility index (Phi) is 3.04. The van der Waals surface area contributed by atoms with E-state index in [2.05, 4.69) is 5.10 Å². The summed E-state index contributed by atoms with van der Waals surface area (Å²) in [6.45, 7) is 1.33. The van der Waals surface area contributed by atoms with Crippen LogP contribution < -0.4 is 4.90 Å². The summed E-state index contributed by atoms with van der Waals surface area (Å²) < 4.78 is 15.6. The SMILES string of the molecule is CN1CCN(c2cccc3c2cnn3-c2ccccc2F)C1=O. The molecular formula is C17H15FN4O. The van der Waals surface area contributed by atoms with E-state index in [1.54, 1.807) is 45.9 Å². The van der Waals surface area contributed by atoms with Crippen LogP contribution in [0.5, 0.6) is 0 Å². The maximum absolute atomic E-state index is 14.1. The summed E-state index contributed by atoms with van der Waals surface area (Å²) >= 11 is 0. The van der Waals surface area contributed by atoms with E-state index in [4.69, 9.17) is 0 Å². The Morgan fingerprint density at radius 1 is 1.04 bits per heavy atom. The fourth-order valence-electron chi connectivity index (χ4n) is 2.96. The molecule has 1 aliphatic heterocycles. The van der Waals surface area contributed by atoms with E-state index in [1.165, 1.54) is 6.07 Å². The van der Waals surface area contributed by atoms with E-state index < -0.39 is 0 Å². The van der Waals surface area contributed by atoms with Gasteiger partial charge in [0.1, 0.15) is 11.5 Å². The summed E-state index contributed by atoms with van der Waals surface area (Å²) in [7, 11) is 1.78. The van der Waals surface area contributed by atoms with Gasteiger partial charge in [0, 0.05) is 25.5 Å². The van der Waals surface area contributed by atoms with Gasteiger partial charge in [-0.2, -0.15) is 5.10 Å². The number of nitrogens with zero attached hydrogens (tertiary/aromatic N) is 4. The van der Waals surface area contributed by atoms with Crippen molar-refractivity contribution in [3.8, 4) is 5.69 Å². The van der Waals surface area contributed by atoms with Crippen LogP contribution in [0.1, 0.15) is 0 Å². The van der Waals surface area contributed by atoms with Crippen LogP contribution in [0.4, 0.5) is 14.9 Å². The molecule has 1 aromatic heterocycles. The van der Waals surface area contributed by atoms with Crippen LogP contribution >= 0.6 is 0 Å². The molecule has 0 saturated carbocycles. The fourth-order valence-corrected chi connectivity index (χ4v) is 2.96. The first-order chi connectivity index (χ1) is 11.2. The number of aromatic nitrogens is 2. The van der Waals surface area contributed by atoms with Crippen molar-refractivity contribution in [2.45, 2.75) is 0 Å². The van der Waals surface area contributed by atoms with E-state index in [9.17, 15) is 9.18 Å². The molecule has 0 radical (unpaired) electrons. The normalized spacial score (nSPS) is 15.0. The Hall–Kier alpha value is -2.89. The van der Waals surface area contributed by atoms with Crippen molar-refractivity contribution in [2.75, 3.05) is 25.0 Å². The quantitative estimate of drug-likeness (QED) is 0.730. The third-order valence-electron chi connectivity index (χ3n) is 4.18. The van der Waals surface area contributed by atoms with Crippen molar-refractivity contribution in [3.05, 3.63) is 54.5 Å². The Balaban J connectivity index is 1.88. The van der Waals surface area contributed by atoms with Crippen LogP contribution in [0, 0.1) is 5.82 Å². The van der Waals surface area contributed by atoms with E-state index in [0.717, 1.165) is 16.6 Å². The topological polar surface area (TPSA) is 41.4 Å². The molecule has 0 aliphatic carbocycles. The highest BCUT2D eigenvalue weighted by Crippen LogP contribution is 2.30. The summed E-state index contributed by atoms with van der Waals surface area (Å²) in [5.41, 5.74) is 1.97. The van der Waals surface area contributed by atoms with Crippen LogP contribution in [0.25, 0.3) is 16.6 Å². The van der Waals surface area contributed by atoms with Crippen molar-refractivity contribution in [3.63, 3.8) is 0 Å². The van der Waals surface area contributed by atoms with E-state index in [0.29, 0.717) is 18.8 Å². The molecule has 2 heterocycles. The lowest BCUT2D eigenvalue weighted by atomic mass is 10.2. The number of amides is 2. The Bertz CT molecular complexity index is 904. The minimum absolute atomic E-state index is 0.0314. The zero-order valence-electron chi connectivity index (χ0n) is 12.6. The number of hydrogen-bond acceptors (Lipinski definition) is 2. The van der Waals surface area contributed by atoms with Crippen LogP contribution in [-0.2, 0) is 0 Å². The van der Waals surface area contributed by atoms with Crippen LogP contribution in [0.15, 0.2) is 48.7 Å². The second kappa shape index (κ2) is 5.08. The molecule has 5 nitrogen and oxygen atoms in total. The van der Waals surface area contributed by atoms with Gasteiger partial charge in [0.15, 0.2) is 0 Å². The number of fused-ring (bicyclic) bond motifs is 1. The molecule has 0 unspecified atom stereocenters. The lowest BCUT2D eigenvalue weighted by Crippen LogP contribution is -2.29. The molecule has 4 rings (SSSR count). The average molecular weight is 310 g/mol.